The van der Waals surface area contributed by atoms with E-state index < -0.39 is 12.1 Å². The molecule has 0 aromatic heterocycles. The minimum absolute atomic E-state index is 0.00522. The molecule has 3 saturated heterocycles. The highest BCUT2D eigenvalue weighted by Gasteiger charge is 2.47. The van der Waals surface area contributed by atoms with Crippen LogP contribution in [0.15, 0.2) is 0 Å². The second-order valence-corrected chi connectivity index (χ2v) is 5.80. The van der Waals surface area contributed by atoms with Crippen LogP contribution in [0.4, 0.5) is 4.79 Å². The van der Waals surface area contributed by atoms with Crippen molar-refractivity contribution in [1.82, 2.24) is 20.1 Å². The zero-order chi connectivity index (χ0) is 15.0. The van der Waals surface area contributed by atoms with Crippen LogP contribution < -0.4 is 5.32 Å². The van der Waals surface area contributed by atoms with Crippen molar-refractivity contribution in [2.45, 2.75) is 37.4 Å². The van der Waals surface area contributed by atoms with E-state index in [0.29, 0.717) is 25.9 Å². The molecule has 3 aliphatic rings. The smallest absolute Gasteiger partial charge is 0.344 e. The van der Waals surface area contributed by atoms with Gasteiger partial charge in [0.2, 0.25) is 5.91 Å². The van der Waals surface area contributed by atoms with Crippen LogP contribution in [0.1, 0.15) is 19.3 Å². The van der Waals surface area contributed by atoms with Gasteiger partial charge in [0, 0.05) is 19.1 Å². The van der Waals surface area contributed by atoms with Gasteiger partial charge in [-0.2, -0.15) is 0 Å². The van der Waals surface area contributed by atoms with Crippen LogP contribution in [0.5, 0.6) is 0 Å². The molecule has 9 heteroatoms. The van der Waals surface area contributed by atoms with Crippen molar-refractivity contribution in [2.24, 2.45) is 0 Å². The van der Waals surface area contributed by atoms with E-state index >= 15 is 0 Å². The summed E-state index contributed by atoms with van der Waals surface area (Å²) >= 11 is 0. The van der Waals surface area contributed by atoms with E-state index in [0.717, 1.165) is 24.2 Å². The Labute approximate surface area is 123 Å². The molecule has 3 heterocycles. The third kappa shape index (κ3) is 2.63. The molecule has 3 fully saturated rings. The molecule has 2 N–H and O–H groups in total. The fourth-order valence-electron chi connectivity index (χ4n) is 3.35. The van der Waals surface area contributed by atoms with Gasteiger partial charge >= 0.3 is 6.03 Å². The van der Waals surface area contributed by atoms with Gasteiger partial charge in [0.05, 0.1) is 12.2 Å². The lowest BCUT2D eigenvalue weighted by molar-refractivity contribution is -0.126. The highest BCUT2D eigenvalue weighted by molar-refractivity contribution is 6.64. The number of fused-ring (bicyclic) bond motifs is 2. The summed E-state index contributed by atoms with van der Waals surface area (Å²) < 4.78 is 0. The number of carbonyl (C=O) groups excluding carboxylic acids is 3. The summed E-state index contributed by atoms with van der Waals surface area (Å²) in [4.78, 5) is 37.9. The van der Waals surface area contributed by atoms with Gasteiger partial charge in [-0.15, -0.1) is 0 Å². The van der Waals surface area contributed by atoms with Gasteiger partial charge in [-0.3, -0.25) is 10.0 Å². The molecule has 3 aliphatic heterocycles. The molecule has 0 spiro atoms. The zero-order valence-electron chi connectivity index (χ0n) is 11.6. The van der Waals surface area contributed by atoms with Crippen LogP contribution in [0.25, 0.3) is 0 Å². The Morgan fingerprint density at radius 3 is 2.90 bits per heavy atom. The number of piperidine rings is 1. The average Bonchev–Trinajstić information content (AvgIpc) is 2.99. The molecule has 21 heavy (non-hydrogen) atoms. The monoisotopic (exact) mass is 293 g/mol. The molecule has 0 aromatic rings. The molecule has 0 aromatic carbocycles. The molecule has 0 saturated carbocycles. The molecule has 0 aliphatic carbocycles. The van der Waals surface area contributed by atoms with Crippen molar-refractivity contribution < 1.29 is 19.6 Å². The van der Waals surface area contributed by atoms with Gasteiger partial charge in [-0.25, -0.2) is 9.86 Å². The van der Waals surface area contributed by atoms with E-state index in [4.69, 9.17) is 0 Å². The maximum absolute atomic E-state index is 12.4. The molecule has 1 radical (unpaired) electrons. The van der Waals surface area contributed by atoms with Crippen molar-refractivity contribution >= 4 is 25.5 Å². The Hall–Kier alpha value is -1.61. The third-order valence-corrected chi connectivity index (χ3v) is 4.48. The fraction of sp³-hybridized carbons (Fsp3) is 0.750. The molecule has 3 atom stereocenters. The molecular weight excluding hydrogens is 275 g/mol. The predicted octanol–water partition coefficient (Wildman–Crippen LogP) is -1.36. The lowest BCUT2D eigenvalue weighted by Gasteiger charge is -2.30. The van der Waals surface area contributed by atoms with Crippen molar-refractivity contribution in [3.8, 4) is 0 Å². The first-order chi connectivity index (χ1) is 10.1. The Balaban J connectivity index is 1.57. The molecule has 3 rings (SSSR count). The first-order valence-electron chi connectivity index (χ1n) is 7.22. The molecule has 0 unspecified atom stereocenters. The van der Waals surface area contributed by atoms with Gasteiger partial charge in [0.1, 0.15) is 6.04 Å². The van der Waals surface area contributed by atoms with Crippen LogP contribution in [-0.4, -0.2) is 83.3 Å². The van der Waals surface area contributed by atoms with E-state index in [1.807, 2.05) is 4.81 Å². The number of carbonyl (C=O) groups is 3. The lowest BCUT2D eigenvalue weighted by atomic mass is 9.96. The largest absolute Gasteiger partial charge is 0.350 e. The number of rotatable bonds is 4. The first kappa shape index (κ1) is 14.3. The molecule has 8 nitrogen and oxygen atoms in total. The number of hydrogen-bond donors (Lipinski definition) is 2. The van der Waals surface area contributed by atoms with Crippen molar-refractivity contribution in [3.63, 3.8) is 0 Å². The van der Waals surface area contributed by atoms with Gasteiger partial charge in [-0.1, -0.05) is 0 Å². The number of nitrogens with zero attached hydrogens (tertiary/aromatic N) is 3. The maximum Gasteiger partial charge on any atom is 0.344 e. The van der Waals surface area contributed by atoms with Crippen LogP contribution in [-0.2, 0) is 9.59 Å². The summed E-state index contributed by atoms with van der Waals surface area (Å²) in [6, 6.07) is -1.19. The topological polar surface area (TPSA) is 93.2 Å². The Bertz CT molecular complexity index is 463. The quantitative estimate of drug-likeness (QED) is 0.379. The minimum Gasteiger partial charge on any atom is -0.350 e. The number of hydrogen-bond acceptors (Lipinski definition) is 5. The molecule has 2 bridgehead atoms. The number of nitrogens with one attached hydrogen (secondary N) is 1. The van der Waals surface area contributed by atoms with Gasteiger partial charge in [-0.05, 0) is 25.8 Å². The lowest BCUT2D eigenvalue weighted by Crippen LogP contribution is -2.52. The highest BCUT2D eigenvalue weighted by atomic mass is 16.5. The second kappa shape index (κ2) is 5.65. The summed E-state index contributed by atoms with van der Waals surface area (Å²) in [6.07, 6.45) is 2.72. The van der Waals surface area contributed by atoms with Crippen molar-refractivity contribution in [1.29, 1.82) is 0 Å². The summed E-state index contributed by atoms with van der Waals surface area (Å²) in [5, 5.41) is 13.3. The second-order valence-electron chi connectivity index (χ2n) is 5.80. The average molecular weight is 293 g/mol. The number of urea groups is 1. The third-order valence-electron chi connectivity index (χ3n) is 4.48. The van der Waals surface area contributed by atoms with Crippen molar-refractivity contribution in [3.05, 3.63) is 0 Å². The van der Waals surface area contributed by atoms with Crippen LogP contribution in [0, 0.1) is 0 Å². The van der Waals surface area contributed by atoms with Gasteiger partial charge in [0.15, 0.2) is 0 Å². The zero-order valence-corrected chi connectivity index (χ0v) is 11.6. The molecular formula is C12H18BN4O4. The predicted molar refractivity (Wildman–Crippen MR) is 73.2 cm³/mol. The minimum atomic E-state index is -0.505. The number of hydroxylamine groups is 2. The summed E-state index contributed by atoms with van der Waals surface area (Å²) in [7, 11) is 1.48. The van der Waals surface area contributed by atoms with E-state index in [9.17, 15) is 19.6 Å². The van der Waals surface area contributed by atoms with E-state index in [2.05, 4.69) is 5.32 Å². The normalized spacial score (nSPS) is 32.4. The Kier molecular flexibility index (Phi) is 3.86. The van der Waals surface area contributed by atoms with Gasteiger partial charge in [0.25, 0.3) is 7.41 Å². The fourth-order valence-corrected chi connectivity index (χ4v) is 3.35. The summed E-state index contributed by atoms with van der Waals surface area (Å²) in [6.45, 7) is 1.76. The maximum atomic E-state index is 12.4. The summed E-state index contributed by atoms with van der Waals surface area (Å²) in [5.74, 6) is -0.171. The van der Waals surface area contributed by atoms with E-state index in [1.54, 1.807) is 0 Å². The van der Waals surface area contributed by atoms with Crippen LogP contribution in [0.3, 0.4) is 0 Å². The molecule has 113 valence electrons. The van der Waals surface area contributed by atoms with Crippen LogP contribution >= 0.6 is 0 Å². The highest BCUT2D eigenvalue weighted by Crippen LogP contribution is 2.28. The van der Waals surface area contributed by atoms with E-state index in [1.165, 1.54) is 12.3 Å². The standard InChI is InChI=1S/C12H18BN4O4/c18-7-13-15-4-3-8(5-15)14-11(19)10-2-1-9-6-16(10)12(20)17(9)21/h7-10,21H,1-6H2,(H,14,19)/t8-,9-,10+/m1/s1. The van der Waals surface area contributed by atoms with Crippen molar-refractivity contribution in [2.75, 3.05) is 19.6 Å². The Morgan fingerprint density at radius 2 is 2.14 bits per heavy atom. The SMILES string of the molecule is O=C[B]N1CC[C@@H](NC(=O)[C@@H]2CC[C@@H]3CN2C(=O)N3O)C1. The van der Waals surface area contributed by atoms with Crippen LogP contribution in [0.2, 0.25) is 0 Å². The number of amides is 3. The Morgan fingerprint density at radius 1 is 1.33 bits per heavy atom. The van der Waals surface area contributed by atoms with Gasteiger partial charge < -0.3 is 19.8 Å². The van der Waals surface area contributed by atoms with E-state index in [-0.39, 0.29) is 18.0 Å². The summed E-state index contributed by atoms with van der Waals surface area (Å²) in [5.41, 5.74) is 0. The molecule has 3 amide bonds. The first-order valence-corrected chi connectivity index (χ1v) is 7.22.